The highest BCUT2D eigenvalue weighted by Crippen LogP contribution is 2.24. The predicted octanol–water partition coefficient (Wildman–Crippen LogP) is 5.67. The summed E-state index contributed by atoms with van der Waals surface area (Å²) in [6.45, 7) is 11.2. The number of nitrogens with zero attached hydrogens (tertiary/aromatic N) is 4. The number of hydrogen-bond donors (Lipinski definition) is 2. The third-order valence-corrected chi connectivity index (χ3v) is 6.25. The van der Waals surface area contributed by atoms with Crippen molar-refractivity contribution in [2.45, 2.75) is 47.7 Å². The van der Waals surface area contributed by atoms with Gasteiger partial charge < -0.3 is 10.6 Å². The fourth-order valence-electron chi connectivity index (χ4n) is 4.08. The van der Waals surface area contributed by atoms with Gasteiger partial charge in [-0.25, -0.2) is 4.39 Å². The van der Waals surface area contributed by atoms with Crippen LogP contribution in [0.25, 0.3) is 0 Å². The second-order valence-electron chi connectivity index (χ2n) is 8.54. The Hall–Kier alpha value is -3.52. The van der Waals surface area contributed by atoms with Crippen LogP contribution in [0.3, 0.4) is 0 Å². The molecule has 0 aliphatic rings. The lowest BCUT2D eigenvalue weighted by Crippen LogP contribution is -2.21. The van der Waals surface area contributed by atoms with E-state index in [4.69, 9.17) is 17.3 Å². The zero-order valence-electron chi connectivity index (χ0n) is 20.1. The van der Waals surface area contributed by atoms with E-state index in [-0.39, 0.29) is 5.82 Å². The molecule has 34 heavy (non-hydrogen) atoms. The van der Waals surface area contributed by atoms with Crippen LogP contribution in [0.1, 0.15) is 39.5 Å². The Morgan fingerprint density at radius 3 is 2.00 bits per heavy atom. The van der Waals surface area contributed by atoms with Crippen molar-refractivity contribution in [2.24, 2.45) is 0 Å². The molecule has 2 aromatic carbocycles. The van der Waals surface area contributed by atoms with Crippen molar-refractivity contribution in [1.82, 2.24) is 19.6 Å². The molecule has 4 aromatic rings. The van der Waals surface area contributed by atoms with Crippen LogP contribution in [0, 0.1) is 40.4 Å². The average Bonchev–Trinajstić information content (AvgIpc) is 3.19. The first-order valence-electron chi connectivity index (χ1n) is 11.2. The van der Waals surface area contributed by atoms with Crippen molar-refractivity contribution in [3.8, 4) is 0 Å². The summed E-state index contributed by atoms with van der Waals surface area (Å²) in [5.74, 6) is -0.253. The highest BCUT2D eigenvalue weighted by Gasteiger charge is 2.17. The molecule has 6 nitrogen and oxygen atoms in total. The van der Waals surface area contributed by atoms with E-state index >= 15 is 0 Å². The number of halogens is 1. The number of benzene rings is 2. The molecular formula is C26H29FN6S. The number of aromatic nitrogens is 4. The summed E-state index contributed by atoms with van der Waals surface area (Å²) in [5, 5.41) is 16.4. The second-order valence-corrected chi connectivity index (χ2v) is 8.95. The Labute approximate surface area is 204 Å². The third kappa shape index (κ3) is 5.02. The molecule has 2 aromatic heterocycles. The Kier molecular flexibility index (Phi) is 6.79. The molecule has 0 fully saturated rings. The highest BCUT2D eigenvalue weighted by molar-refractivity contribution is 7.80. The van der Waals surface area contributed by atoms with Gasteiger partial charge >= 0.3 is 0 Å². The lowest BCUT2D eigenvalue weighted by atomic mass is 10.1. The largest absolute Gasteiger partial charge is 0.329 e. The van der Waals surface area contributed by atoms with E-state index in [0.717, 1.165) is 39.7 Å². The van der Waals surface area contributed by atoms with E-state index in [0.29, 0.717) is 18.2 Å². The van der Waals surface area contributed by atoms with E-state index in [1.54, 1.807) is 6.07 Å². The monoisotopic (exact) mass is 476 g/mol. The van der Waals surface area contributed by atoms with E-state index < -0.39 is 0 Å². The number of nitrogens with one attached hydrogen (secondary N) is 2. The van der Waals surface area contributed by atoms with Crippen LogP contribution in [-0.4, -0.2) is 24.7 Å². The molecule has 0 aliphatic heterocycles. The number of hydrogen-bond acceptors (Lipinski definition) is 3. The topological polar surface area (TPSA) is 59.7 Å². The first kappa shape index (κ1) is 23.6. The molecule has 2 N–H and O–H groups in total. The molecule has 0 radical (unpaired) electrons. The van der Waals surface area contributed by atoms with Gasteiger partial charge in [0.05, 0.1) is 47.2 Å². The van der Waals surface area contributed by atoms with Crippen LogP contribution in [0.2, 0.25) is 0 Å². The van der Waals surface area contributed by atoms with Gasteiger partial charge in [-0.05, 0) is 75.7 Å². The number of thiocarbonyl (C=S) groups is 1. The van der Waals surface area contributed by atoms with E-state index in [1.165, 1.54) is 23.3 Å². The summed E-state index contributed by atoms with van der Waals surface area (Å²) in [5.41, 5.74) is 8.71. The molecule has 0 saturated carbocycles. The van der Waals surface area contributed by atoms with Gasteiger partial charge in [-0.15, -0.1) is 0 Å². The summed E-state index contributed by atoms with van der Waals surface area (Å²) >= 11 is 5.63. The number of rotatable bonds is 6. The maximum atomic E-state index is 13.6. The van der Waals surface area contributed by atoms with Crippen LogP contribution in [0.15, 0.2) is 48.5 Å². The van der Waals surface area contributed by atoms with Crippen LogP contribution in [-0.2, 0) is 13.1 Å². The van der Waals surface area contributed by atoms with E-state index in [9.17, 15) is 4.39 Å². The quantitative estimate of drug-likeness (QED) is 0.351. The minimum Gasteiger partial charge on any atom is -0.329 e. The average molecular weight is 477 g/mol. The van der Waals surface area contributed by atoms with E-state index in [1.807, 2.05) is 55.3 Å². The van der Waals surface area contributed by atoms with Crippen molar-refractivity contribution in [3.63, 3.8) is 0 Å². The molecule has 0 saturated heterocycles. The molecule has 4 rings (SSSR count). The van der Waals surface area contributed by atoms with Crippen LogP contribution in [0.5, 0.6) is 0 Å². The van der Waals surface area contributed by atoms with Crippen molar-refractivity contribution in [1.29, 1.82) is 0 Å². The fourth-order valence-corrected chi connectivity index (χ4v) is 4.28. The summed E-state index contributed by atoms with van der Waals surface area (Å²) in [6.07, 6.45) is 0. The van der Waals surface area contributed by atoms with Crippen LogP contribution >= 0.6 is 12.2 Å². The fraction of sp³-hybridized carbons (Fsp3) is 0.269. The van der Waals surface area contributed by atoms with Crippen LogP contribution < -0.4 is 10.6 Å². The third-order valence-electron chi connectivity index (χ3n) is 6.04. The smallest absolute Gasteiger partial charge is 0.175 e. The Bertz CT molecular complexity index is 1350. The van der Waals surface area contributed by atoms with Gasteiger partial charge in [0, 0.05) is 0 Å². The van der Waals surface area contributed by atoms with Crippen LogP contribution in [0.4, 0.5) is 15.8 Å². The molecule has 0 bridgehead atoms. The number of aryl methyl sites for hydroxylation is 3. The van der Waals surface area contributed by atoms with Gasteiger partial charge in [0.2, 0.25) is 0 Å². The van der Waals surface area contributed by atoms with Gasteiger partial charge in [0.25, 0.3) is 0 Å². The molecule has 0 spiro atoms. The SMILES string of the molecule is Cc1ccccc1Cn1nc(C)c(NC(=S)Nc2c(C)nn(Cc3cccc(F)c3)c2C)c1C. The van der Waals surface area contributed by atoms with Crippen molar-refractivity contribution in [2.75, 3.05) is 10.6 Å². The molecule has 8 heteroatoms. The first-order valence-corrected chi connectivity index (χ1v) is 11.6. The summed E-state index contributed by atoms with van der Waals surface area (Å²) in [7, 11) is 0. The van der Waals surface area contributed by atoms with Gasteiger partial charge in [-0.1, -0.05) is 36.4 Å². The second kappa shape index (κ2) is 9.77. The maximum absolute atomic E-state index is 13.6. The van der Waals surface area contributed by atoms with Crippen molar-refractivity contribution >= 4 is 28.7 Å². The van der Waals surface area contributed by atoms with Gasteiger partial charge in [0.1, 0.15) is 5.82 Å². The summed E-state index contributed by atoms with van der Waals surface area (Å²) in [4.78, 5) is 0. The minimum atomic E-state index is -0.253. The van der Waals surface area contributed by atoms with E-state index in [2.05, 4.69) is 34.8 Å². The Morgan fingerprint density at radius 1 is 0.824 bits per heavy atom. The molecular weight excluding hydrogens is 447 g/mol. The Morgan fingerprint density at radius 2 is 1.41 bits per heavy atom. The highest BCUT2D eigenvalue weighted by atomic mass is 32.1. The molecule has 0 amide bonds. The number of anilines is 2. The molecule has 0 unspecified atom stereocenters. The summed E-state index contributed by atoms with van der Waals surface area (Å²) in [6, 6.07) is 14.9. The standard InChI is InChI=1S/C26H29FN6S/c1-16-9-6-7-11-22(16)15-33-20(5)25(18(3)31-33)29-26(34)28-24-17(2)30-32(19(24)4)14-21-10-8-12-23(27)13-21/h6-13H,14-15H2,1-5H3,(H2,28,29,34). The summed E-state index contributed by atoms with van der Waals surface area (Å²) < 4.78 is 17.4. The molecule has 176 valence electrons. The maximum Gasteiger partial charge on any atom is 0.175 e. The lowest BCUT2D eigenvalue weighted by Gasteiger charge is -2.12. The van der Waals surface area contributed by atoms with Crippen molar-refractivity contribution < 1.29 is 4.39 Å². The van der Waals surface area contributed by atoms with Crippen molar-refractivity contribution in [3.05, 3.63) is 93.8 Å². The Balaban J connectivity index is 1.48. The molecule has 2 heterocycles. The molecule has 0 atom stereocenters. The molecule has 0 aliphatic carbocycles. The first-order chi connectivity index (χ1) is 16.2. The zero-order valence-corrected chi connectivity index (χ0v) is 20.9. The normalized spacial score (nSPS) is 11.0. The van der Waals surface area contributed by atoms with Gasteiger partial charge in [0.15, 0.2) is 5.11 Å². The van der Waals surface area contributed by atoms with Gasteiger partial charge in [-0.2, -0.15) is 10.2 Å². The predicted molar refractivity (Wildman–Crippen MR) is 139 cm³/mol. The zero-order chi connectivity index (χ0) is 24.4. The minimum absolute atomic E-state index is 0.253. The van der Waals surface area contributed by atoms with Gasteiger partial charge in [-0.3, -0.25) is 9.36 Å². The lowest BCUT2D eigenvalue weighted by molar-refractivity contribution is 0.616.